The van der Waals surface area contributed by atoms with E-state index in [1.54, 1.807) is 0 Å². The van der Waals surface area contributed by atoms with E-state index < -0.39 is 17.2 Å². The molecule has 100 valence electrons. The fourth-order valence-corrected chi connectivity index (χ4v) is 2.27. The van der Waals surface area contributed by atoms with Gasteiger partial charge in [-0.05, 0) is 31.6 Å². The zero-order chi connectivity index (χ0) is 13.2. The molecule has 1 fully saturated rings. The summed E-state index contributed by atoms with van der Waals surface area (Å²) in [7, 11) is 0. The van der Waals surface area contributed by atoms with Crippen molar-refractivity contribution in [2.75, 3.05) is 11.9 Å². The number of pyridine rings is 1. The van der Waals surface area contributed by atoms with Crippen LogP contribution >= 0.6 is 0 Å². The second-order valence-electron chi connectivity index (χ2n) is 5.24. The number of nitrogens with one attached hydrogen (secondary N) is 1. The maximum Gasteiger partial charge on any atom is 0.168 e. The van der Waals surface area contributed by atoms with Gasteiger partial charge in [0.25, 0.3) is 0 Å². The van der Waals surface area contributed by atoms with Crippen molar-refractivity contribution in [3.05, 3.63) is 23.9 Å². The van der Waals surface area contributed by atoms with Crippen LogP contribution in [0.1, 0.15) is 32.6 Å². The van der Waals surface area contributed by atoms with Gasteiger partial charge < -0.3 is 10.4 Å². The molecule has 3 nitrogen and oxygen atoms in total. The first kappa shape index (κ1) is 13.2. The van der Waals surface area contributed by atoms with E-state index in [0.717, 1.165) is 25.1 Å². The molecular formula is C13H18F2N2O. The lowest BCUT2D eigenvalue weighted by Gasteiger charge is -2.35. The lowest BCUT2D eigenvalue weighted by Crippen LogP contribution is -2.40. The molecule has 0 unspecified atom stereocenters. The second kappa shape index (κ2) is 5.18. The first-order valence-corrected chi connectivity index (χ1v) is 6.26. The van der Waals surface area contributed by atoms with E-state index in [1.165, 1.54) is 0 Å². The third kappa shape index (κ3) is 3.16. The van der Waals surface area contributed by atoms with Crippen molar-refractivity contribution < 1.29 is 13.9 Å². The van der Waals surface area contributed by atoms with Crippen LogP contribution in [0.25, 0.3) is 0 Å². The average Bonchev–Trinajstić information content (AvgIpc) is 2.32. The van der Waals surface area contributed by atoms with Crippen molar-refractivity contribution >= 4 is 5.82 Å². The number of hydrogen-bond donors (Lipinski definition) is 2. The van der Waals surface area contributed by atoms with Crippen LogP contribution in [0.3, 0.4) is 0 Å². The van der Waals surface area contributed by atoms with E-state index in [9.17, 15) is 13.9 Å². The maximum absolute atomic E-state index is 13.3. The molecule has 0 saturated heterocycles. The zero-order valence-corrected chi connectivity index (χ0v) is 10.4. The Hall–Kier alpha value is -1.23. The first-order chi connectivity index (χ1) is 8.48. The molecule has 1 aromatic heterocycles. The van der Waals surface area contributed by atoms with Crippen molar-refractivity contribution in [2.24, 2.45) is 5.92 Å². The van der Waals surface area contributed by atoms with Crippen LogP contribution in [0, 0.1) is 17.6 Å². The van der Waals surface area contributed by atoms with Gasteiger partial charge in [-0.15, -0.1) is 0 Å². The van der Waals surface area contributed by atoms with Gasteiger partial charge in [-0.25, -0.2) is 13.8 Å². The zero-order valence-electron chi connectivity index (χ0n) is 10.4. The Labute approximate surface area is 105 Å². The van der Waals surface area contributed by atoms with Gasteiger partial charge in [0.1, 0.15) is 5.82 Å². The molecule has 0 spiro atoms. The molecule has 0 amide bonds. The van der Waals surface area contributed by atoms with Crippen LogP contribution in [-0.4, -0.2) is 22.2 Å². The fourth-order valence-electron chi connectivity index (χ4n) is 2.27. The standard InChI is InChI=1S/C13H18F2N2O/c1-9-2-4-13(18,5-3-9)8-17-12-11(15)6-10(14)7-16-12/h6-7,9,18H,2-5,8H2,1H3,(H,16,17). The third-order valence-corrected chi connectivity index (χ3v) is 3.60. The highest BCUT2D eigenvalue weighted by Gasteiger charge is 2.31. The summed E-state index contributed by atoms with van der Waals surface area (Å²) >= 11 is 0. The summed E-state index contributed by atoms with van der Waals surface area (Å²) in [5.74, 6) is -0.819. The van der Waals surface area contributed by atoms with Gasteiger partial charge in [-0.2, -0.15) is 0 Å². The van der Waals surface area contributed by atoms with Crippen LogP contribution in [0.4, 0.5) is 14.6 Å². The van der Waals surface area contributed by atoms with Crippen LogP contribution in [0.2, 0.25) is 0 Å². The fraction of sp³-hybridized carbons (Fsp3) is 0.615. The summed E-state index contributed by atoms with van der Waals surface area (Å²) in [6.45, 7) is 2.41. The summed E-state index contributed by atoms with van der Waals surface area (Å²) in [6, 6.07) is 0.780. The number of rotatable bonds is 3. The lowest BCUT2D eigenvalue weighted by molar-refractivity contribution is 0.00490. The van der Waals surface area contributed by atoms with Gasteiger partial charge in [-0.1, -0.05) is 6.92 Å². The molecule has 1 aliphatic carbocycles. The Morgan fingerprint density at radius 2 is 2.11 bits per heavy atom. The quantitative estimate of drug-likeness (QED) is 0.874. The van der Waals surface area contributed by atoms with E-state index in [2.05, 4.69) is 17.2 Å². The molecule has 0 aliphatic heterocycles. The van der Waals surface area contributed by atoms with Crippen molar-refractivity contribution in [3.8, 4) is 0 Å². The van der Waals surface area contributed by atoms with Crippen LogP contribution in [0.15, 0.2) is 12.3 Å². The largest absolute Gasteiger partial charge is 0.388 e. The Balaban J connectivity index is 1.94. The Morgan fingerprint density at radius 3 is 2.72 bits per heavy atom. The Kier molecular flexibility index (Phi) is 3.80. The average molecular weight is 256 g/mol. The minimum atomic E-state index is -0.810. The molecule has 2 N–H and O–H groups in total. The maximum atomic E-state index is 13.3. The number of nitrogens with zero attached hydrogens (tertiary/aromatic N) is 1. The molecule has 1 saturated carbocycles. The molecule has 0 bridgehead atoms. The molecule has 0 atom stereocenters. The Morgan fingerprint density at radius 1 is 1.44 bits per heavy atom. The molecule has 18 heavy (non-hydrogen) atoms. The first-order valence-electron chi connectivity index (χ1n) is 6.26. The molecule has 1 aromatic rings. The van der Waals surface area contributed by atoms with Gasteiger partial charge in [0.15, 0.2) is 11.6 Å². The summed E-state index contributed by atoms with van der Waals surface area (Å²) in [5, 5.41) is 13.1. The van der Waals surface area contributed by atoms with Crippen molar-refractivity contribution in [1.29, 1.82) is 0 Å². The van der Waals surface area contributed by atoms with Crippen LogP contribution in [-0.2, 0) is 0 Å². The summed E-state index contributed by atoms with van der Waals surface area (Å²) in [6.07, 6.45) is 4.29. The molecule has 0 radical (unpaired) electrons. The highest BCUT2D eigenvalue weighted by molar-refractivity contribution is 5.36. The molecule has 5 heteroatoms. The number of aromatic nitrogens is 1. The summed E-state index contributed by atoms with van der Waals surface area (Å²) in [4.78, 5) is 3.64. The van der Waals surface area contributed by atoms with Gasteiger partial charge >= 0.3 is 0 Å². The monoisotopic (exact) mass is 256 g/mol. The third-order valence-electron chi connectivity index (χ3n) is 3.60. The smallest absolute Gasteiger partial charge is 0.168 e. The second-order valence-corrected chi connectivity index (χ2v) is 5.24. The van der Waals surface area contributed by atoms with Crippen molar-refractivity contribution in [1.82, 2.24) is 4.98 Å². The van der Waals surface area contributed by atoms with Crippen LogP contribution in [0.5, 0.6) is 0 Å². The van der Waals surface area contributed by atoms with E-state index >= 15 is 0 Å². The van der Waals surface area contributed by atoms with Crippen molar-refractivity contribution in [2.45, 2.75) is 38.2 Å². The molecule has 0 aromatic carbocycles. The highest BCUT2D eigenvalue weighted by atomic mass is 19.1. The number of aliphatic hydroxyl groups is 1. The Bertz CT molecular complexity index is 417. The van der Waals surface area contributed by atoms with Crippen molar-refractivity contribution in [3.63, 3.8) is 0 Å². The predicted molar refractivity (Wildman–Crippen MR) is 65.2 cm³/mol. The molecular weight excluding hydrogens is 238 g/mol. The minimum Gasteiger partial charge on any atom is -0.388 e. The van der Waals surface area contributed by atoms with Gasteiger partial charge in [0.2, 0.25) is 0 Å². The highest BCUT2D eigenvalue weighted by Crippen LogP contribution is 2.31. The van der Waals surface area contributed by atoms with Crippen LogP contribution < -0.4 is 5.32 Å². The SMILES string of the molecule is CC1CCC(O)(CNc2ncc(F)cc2F)CC1. The van der Waals surface area contributed by atoms with E-state index in [4.69, 9.17) is 0 Å². The van der Waals surface area contributed by atoms with Gasteiger partial charge in [0.05, 0.1) is 11.8 Å². The number of hydrogen-bond acceptors (Lipinski definition) is 3. The lowest BCUT2D eigenvalue weighted by atomic mass is 9.79. The molecule has 1 heterocycles. The number of halogens is 2. The molecule has 1 aliphatic rings. The summed E-state index contributed by atoms with van der Waals surface area (Å²) < 4.78 is 26.0. The minimum absolute atomic E-state index is 0.0107. The van der Waals surface area contributed by atoms with E-state index in [0.29, 0.717) is 18.8 Å². The predicted octanol–water partition coefficient (Wildman–Crippen LogP) is 2.71. The van der Waals surface area contributed by atoms with Gasteiger partial charge in [0, 0.05) is 12.6 Å². The van der Waals surface area contributed by atoms with E-state index in [1.807, 2.05) is 0 Å². The van der Waals surface area contributed by atoms with E-state index in [-0.39, 0.29) is 12.4 Å². The topological polar surface area (TPSA) is 45.1 Å². The molecule has 2 rings (SSSR count). The number of anilines is 1. The summed E-state index contributed by atoms with van der Waals surface area (Å²) in [5.41, 5.74) is -0.810. The van der Waals surface area contributed by atoms with Gasteiger partial charge in [-0.3, -0.25) is 0 Å². The normalized spacial score (nSPS) is 28.1.